The van der Waals surface area contributed by atoms with Crippen molar-refractivity contribution in [3.8, 4) is 5.75 Å². The molecule has 1 amide bonds. The van der Waals surface area contributed by atoms with E-state index in [-0.39, 0.29) is 11.9 Å². The quantitative estimate of drug-likeness (QED) is 0.468. The number of halogens is 1. The minimum absolute atomic E-state index is 0.118. The summed E-state index contributed by atoms with van der Waals surface area (Å²) in [5, 5.41) is 6.91. The van der Waals surface area contributed by atoms with Crippen molar-refractivity contribution in [2.24, 2.45) is 5.10 Å². The van der Waals surface area contributed by atoms with E-state index in [4.69, 9.17) is 9.84 Å². The maximum absolute atomic E-state index is 14.0. The van der Waals surface area contributed by atoms with Gasteiger partial charge in [-0.05, 0) is 29.8 Å². The van der Waals surface area contributed by atoms with Crippen molar-refractivity contribution >= 4 is 33.2 Å². The van der Waals surface area contributed by atoms with Gasteiger partial charge < -0.3 is 9.64 Å². The van der Waals surface area contributed by atoms with Crippen molar-refractivity contribution in [3.05, 3.63) is 107 Å². The molecule has 0 N–H and O–H groups in total. The molecule has 5 nitrogen and oxygen atoms in total. The lowest BCUT2D eigenvalue weighted by Crippen LogP contribution is -2.57. The molecular formula is C26H20BrN3O2. The monoisotopic (exact) mass is 485 g/mol. The average molecular weight is 486 g/mol. The van der Waals surface area contributed by atoms with Crippen LogP contribution in [0.5, 0.6) is 5.75 Å². The second-order valence-electron chi connectivity index (χ2n) is 8.13. The van der Waals surface area contributed by atoms with E-state index in [9.17, 15) is 4.79 Å². The molecule has 6 heteroatoms. The van der Waals surface area contributed by atoms with Gasteiger partial charge in [-0.15, -0.1) is 6.58 Å². The number of carbonyl (C=O) groups excluding carboxylic acids is 1. The molecule has 32 heavy (non-hydrogen) atoms. The molecule has 0 saturated carbocycles. The van der Waals surface area contributed by atoms with Gasteiger partial charge in [0.25, 0.3) is 5.91 Å². The molecule has 1 spiro atoms. The van der Waals surface area contributed by atoms with Crippen molar-refractivity contribution in [2.75, 3.05) is 11.4 Å². The number of carbonyl (C=O) groups is 1. The van der Waals surface area contributed by atoms with Gasteiger partial charge in [-0.3, -0.25) is 4.79 Å². The molecule has 2 unspecified atom stereocenters. The Labute approximate surface area is 194 Å². The number of nitrogens with zero attached hydrogens (tertiary/aromatic N) is 3. The van der Waals surface area contributed by atoms with Crippen LogP contribution in [0.1, 0.15) is 29.2 Å². The predicted molar refractivity (Wildman–Crippen MR) is 128 cm³/mol. The van der Waals surface area contributed by atoms with Crippen molar-refractivity contribution in [1.82, 2.24) is 5.01 Å². The van der Waals surface area contributed by atoms with E-state index in [1.165, 1.54) is 0 Å². The Morgan fingerprint density at radius 3 is 2.72 bits per heavy atom. The molecule has 0 radical (unpaired) electrons. The standard InChI is InChI=1S/C26H20BrN3O2/c1-2-14-29-22-11-7-6-10-20(22)26(25(29)31)30-23(19-15-18(27)12-13-24(19)32-26)16-21(28-30)17-8-4-3-5-9-17/h2-13,15,23H,1,14,16H2. The second-order valence-corrected chi connectivity index (χ2v) is 9.04. The first-order valence-corrected chi connectivity index (χ1v) is 11.4. The minimum atomic E-state index is -1.35. The van der Waals surface area contributed by atoms with Crippen molar-refractivity contribution in [3.63, 3.8) is 0 Å². The van der Waals surface area contributed by atoms with E-state index >= 15 is 0 Å². The van der Waals surface area contributed by atoms with E-state index in [2.05, 4.69) is 40.7 Å². The lowest BCUT2D eigenvalue weighted by Gasteiger charge is -2.44. The summed E-state index contributed by atoms with van der Waals surface area (Å²) in [5.74, 6) is 0.567. The Balaban J connectivity index is 1.59. The third-order valence-corrected chi connectivity index (χ3v) is 6.83. The van der Waals surface area contributed by atoms with Gasteiger partial charge in [0.05, 0.1) is 23.0 Å². The van der Waals surface area contributed by atoms with Crippen LogP contribution in [0.15, 0.2) is 95.0 Å². The van der Waals surface area contributed by atoms with E-state index in [0.29, 0.717) is 18.7 Å². The number of para-hydroxylation sites is 1. The molecule has 0 aliphatic carbocycles. The zero-order valence-electron chi connectivity index (χ0n) is 17.2. The summed E-state index contributed by atoms with van der Waals surface area (Å²) in [6.07, 6.45) is 2.43. The summed E-state index contributed by atoms with van der Waals surface area (Å²) in [5.41, 5.74) is 3.31. The fourth-order valence-electron chi connectivity index (χ4n) is 4.96. The molecule has 6 rings (SSSR count). The zero-order chi connectivity index (χ0) is 21.9. The Bertz CT molecular complexity index is 1290. The molecule has 3 heterocycles. The normalized spacial score (nSPS) is 22.8. The van der Waals surface area contributed by atoms with Gasteiger partial charge in [0.15, 0.2) is 0 Å². The van der Waals surface area contributed by atoms with Gasteiger partial charge in [0.1, 0.15) is 5.75 Å². The molecule has 158 valence electrons. The minimum Gasteiger partial charge on any atom is -0.453 e. The first kappa shape index (κ1) is 19.3. The Morgan fingerprint density at radius 2 is 1.91 bits per heavy atom. The Hall–Kier alpha value is -3.38. The van der Waals surface area contributed by atoms with Crippen LogP contribution >= 0.6 is 15.9 Å². The van der Waals surface area contributed by atoms with Gasteiger partial charge in [0, 0.05) is 23.0 Å². The molecular weight excluding hydrogens is 466 g/mol. The van der Waals surface area contributed by atoms with Crippen LogP contribution in [0.2, 0.25) is 0 Å². The fourth-order valence-corrected chi connectivity index (χ4v) is 5.34. The number of fused-ring (bicyclic) bond motifs is 6. The second kappa shape index (κ2) is 7.07. The summed E-state index contributed by atoms with van der Waals surface area (Å²) in [6.45, 7) is 4.25. The highest BCUT2D eigenvalue weighted by Crippen LogP contribution is 2.55. The van der Waals surface area contributed by atoms with E-state index in [1.807, 2.05) is 59.6 Å². The molecule has 0 bridgehead atoms. The van der Waals surface area contributed by atoms with Crippen molar-refractivity contribution < 1.29 is 9.53 Å². The average Bonchev–Trinajstić information content (AvgIpc) is 3.37. The number of anilines is 1. The molecule has 0 fully saturated rings. The number of hydrogen-bond acceptors (Lipinski definition) is 4. The highest BCUT2D eigenvalue weighted by molar-refractivity contribution is 9.10. The van der Waals surface area contributed by atoms with Crippen LogP contribution in [0.3, 0.4) is 0 Å². The summed E-state index contributed by atoms with van der Waals surface area (Å²) in [4.78, 5) is 15.8. The highest BCUT2D eigenvalue weighted by atomic mass is 79.9. The smallest absolute Gasteiger partial charge is 0.306 e. The van der Waals surface area contributed by atoms with E-state index < -0.39 is 5.72 Å². The van der Waals surface area contributed by atoms with Gasteiger partial charge in [-0.1, -0.05) is 70.5 Å². The fraction of sp³-hybridized carbons (Fsp3) is 0.154. The van der Waals surface area contributed by atoms with Crippen LogP contribution in [0.25, 0.3) is 0 Å². The van der Waals surface area contributed by atoms with Crippen LogP contribution in [0, 0.1) is 0 Å². The molecule has 0 saturated heterocycles. The molecule has 3 aliphatic rings. The zero-order valence-corrected chi connectivity index (χ0v) is 18.8. The van der Waals surface area contributed by atoms with Crippen LogP contribution in [-0.2, 0) is 10.5 Å². The topological polar surface area (TPSA) is 45.1 Å². The third kappa shape index (κ3) is 2.56. The molecule has 3 aromatic rings. The highest BCUT2D eigenvalue weighted by Gasteiger charge is 2.63. The summed E-state index contributed by atoms with van der Waals surface area (Å²) in [6, 6.07) is 23.8. The number of hydrogen-bond donors (Lipinski definition) is 0. The number of benzene rings is 3. The van der Waals surface area contributed by atoms with Crippen molar-refractivity contribution in [1.29, 1.82) is 0 Å². The molecule has 3 aliphatic heterocycles. The van der Waals surface area contributed by atoms with E-state index in [1.54, 1.807) is 11.0 Å². The maximum Gasteiger partial charge on any atom is 0.306 e. The summed E-state index contributed by atoms with van der Waals surface area (Å²) in [7, 11) is 0. The third-order valence-electron chi connectivity index (χ3n) is 6.34. The van der Waals surface area contributed by atoms with Crippen molar-refractivity contribution in [2.45, 2.75) is 18.2 Å². The van der Waals surface area contributed by atoms with E-state index in [0.717, 1.165) is 32.6 Å². The number of amides is 1. The summed E-state index contributed by atoms with van der Waals surface area (Å²) >= 11 is 3.59. The van der Waals surface area contributed by atoms with Crippen LogP contribution in [-0.4, -0.2) is 23.2 Å². The first-order chi connectivity index (χ1) is 15.6. The number of ether oxygens (including phenoxy) is 1. The van der Waals surface area contributed by atoms with Gasteiger partial charge in [0.2, 0.25) is 0 Å². The summed E-state index contributed by atoms with van der Waals surface area (Å²) < 4.78 is 7.59. The maximum atomic E-state index is 14.0. The number of hydrazone groups is 1. The largest absolute Gasteiger partial charge is 0.453 e. The van der Waals surface area contributed by atoms with Gasteiger partial charge >= 0.3 is 5.72 Å². The SMILES string of the molecule is C=CCN1C(=O)C2(Oc3ccc(Br)cc3C3CC(c4ccccc4)=NN32)c2ccccc21. The molecule has 3 aromatic carbocycles. The number of rotatable bonds is 3. The van der Waals surface area contributed by atoms with Gasteiger partial charge in [-0.2, -0.15) is 5.10 Å². The van der Waals surface area contributed by atoms with Crippen LogP contribution in [0.4, 0.5) is 5.69 Å². The lowest BCUT2D eigenvalue weighted by atomic mass is 9.92. The first-order valence-electron chi connectivity index (χ1n) is 10.6. The van der Waals surface area contributed by atoms with Gasteiger partial charge in [-0.25, -0.2) is 5.01 Å². The van der Waals surface area contributed by atoms with Crippen LogP contribution < -0.4 is 9.64 Å². The predicted octanol–water partition coefficient (Wildman–Crippen LogP) is 5.38. The molecule has 2 atom stereocenters. The Kier molecular flexibility index (Phi) is 4.27. The molecule has 0 aromatic heterocycles. The Morgan fingerprint density at radius 1 is 1.12 bits per heavy atom. The lowest BCUT2D eigenvalue weighted by molar-refractivity contribution is -0.163.